The minimum atomic E-state index is -0.221. The molecule has 1 aliphatic rings. The van der Waals surface area contributed by atoms with E-state index in [0.29, 0.717) is 5.92 Å². The molecule has 4 heteroatoms. The van der Waals surface area contributed by atoms with Gasteiger partial charge in [0, 0.05) is 24.7 Å². The highest BCUT2D eigenvalue weighted by Crippen LogP contribution is 2.21. The Hall–Kier alpha value is -1.65. The number of likely N-dealkylation sites (tertiary alicyclic amines) is 1. The number of hydrogen-bond acceptors (Lipinski definition) is 3. The van der Waals surface area contributed by atoms with E-state index in [1.165, 1.54) is 18.4 Å². The van der Waals surface area contributed by atoms with Crippen LogP contribution in [0.5, 0.6) is 0 Å². The Labute approximate surface area is 138 Å². The number of aliphatic hydroxyl groups is 1. The monoisotopic (exact) mass is 313 g/mol. The van der Waals surface area contributed by atoms with Crippen LogP contribution in [-0.4, -0.2) is 45.9 Å². The van der Waals surface area contributed by atoms with Gasteiger partial charge in [0.05, 0.1) is 11.8 Å². The number of aromatic nitrogens is 2. The van der Waals surface area contributed by atoms with Gasteiger partial charge in [-0.25, -0.2) is 0 Å². The van der Waals surface area contributed by atoms with Crippen molar-refractivity contribution in [2.45, 2.75) is 38.7 Å². The highest BCUT2D eigenvalue weighted by Gasteiger charge is 2.31. The van der Waals surface area contributed by atoms with E-state index in [2.05, 4.69) is 51.5 Å². The first kappa shape index (κ1) is 16.2. The van der Waals surface area contributed by atoms with Crippen LogP contribution in [0.2, 0.25) is 0 Å². The van der Waals surface area contributed by atoms with Crippen molar-refractivity contribution in [1.82, 2.24) is 15.1 Å². The normalized spacial score (nSPS) is 21.8. The number of benzene rings is 1. The maximum absolute atomic E-state index is 10.3. The average molecular weight is 313 g/mol. The Balaban J connectivity index is 1.38. The molecule has 4 nitrogen and oxygen atoms in total. The van der Waals surface area contributed by atoms with Crippen LogP contribution in [0.4, 0.5) is 0 Å². The van der Waals surface area contributed by atoms with Crippen molar-refractivity contribution in [2.75, 3.05) is 19.6 Å². The lowest BCUT2D eigenvalue weighted by Crippen LogP contribution is -2.23. The van der Waals surface area contributed by atoms with Crippen LogP contribution in [0, 0.1) is 12.8 Å². The number of unbranched alkanes of at least 4 members (excludes halogenated alkanes) is 1. The second-order valence-corrected chi connectivity index (χ2v) is 6.78. The lowest BCUT2D eigenvalue weighted by Gasteiger charge is -2.15. The molecule has 0 amide bonds. The predicted octanol–water partition coefficient (Wildman–Crippen LogP) is 2.58. The summed E-state index contributed by atoms with van der Waals surface area (Å²) in [5, 5.41) is 17.6. The Morgan fingerprint density at radius 2 is 2.04 bits per heavy atom. The van der Waals surface area contributed by atoms with Crippen molar-refractivity contribution in [2.24, 2.45) is 5.92 Å². The third-order valence-electron chi connectivity index (χ3n) is 4.75. The summed E-state index contributed by atoms with van der Waals surface area (Å²) in [6.45, 7) is 4.89. The van der Waals surface area contributed by atoms with E-state index in [1.807, 2.05) is 6.92 Å². The van der Waals surface area contributed by atoms with Gasteiger partial charge in [-0.15, -0.1) is 0 Å². The van der Waals surface area contributed by atoms with Crippen molar-refractivity contribution in [1.29, 1.82) is 0 Å². The summed E-state index contributed by atoms with van der Waals surface area (Å²) in [6, 6.07) is 12.7. The molecule has 2 heterocycles. The lowest BCUT2D eigenvalue weighted by molar-refractivity contribution is 0.141. The molecule has 0 saturated carbocycles. The summed E-state index contributed by atoms with van der Waals surface area (Å²) in [7, 11) is 0. The van der Waals surface area contributed by atoms with E-state index < -0.39 is 0 Å². The third kappa shape index (κ3) is 4.66. The molecular weight excluding hydrogens is 286 g/mol. The van der Waals surface area contributed by atoms with Gasteiger partial charge in [0.25, 0.3) is 0 Å². The first-order valence-electron chi connectivity index (χ1n) is 8.66. The maximum atomic E-state index is 10.3. The highest BCUT2D eigenvalue weighted by atomic mass is 16.3. The zero-order chi connectivity index (χ0) is 16.1. The number of rotatable bonds is 7. The first-order chi connectivity index (χ1) is 11.2. The van der Waals surface area contributed by atoms with Gasteiger partial charge in [0.1, 0.15) is 0 Å². The molecule has 2 N–H and O–H groups in total. The molecule has 1 aromatic carbocycles. The zero-order valence-corrected chi connectivity index (χ0v) is 13.9. The molecule has 1 fully saturated rings. The average Bonchev–Trinajstić information content (AvgIpc) is 3.11. The van der Waals surface area contributed by atoms with Gasteiger partial charge in [-0.3, -0.25) is 5.10 Å². The van der Waals surface area contributed by atoms with Crippen LogP contribution in [0.25, 0.3) is 0 Å². The fourth-order valence-electron chi connectivity index (χ4n) is 3.48. The number of hydrogen-bond donors (Lipinski definition) is 2. The van der Waals surface area contributed by atoms with Gasteiger partial charge in [-0.1, -0.05) is 30.3 Å². The fraction of sp³-hybridized carbons (Fsp3) is 0.526. The summed E-state index contributed by atoms with van der Waals surface area (Å²) in [4.78, 5) is 2.40. The molecule has 0 aliphatic carbocycles. The van der Waals surface area contributed by atoms with E-state index in [1.54, 1.807) is 0 Å². The predicted molar refractivity (Wildman–Crippen MR) is 92.3 cm³/mol. The van der Waals surface area contributed by atoms with Gasteiger partial charge < -0.3 is 10.0 Å². The lowest BCUT2D eigenvalue weighted by atomic mass is 10.0. The quantitative estimate of drug-likeness (QED) is 0.773. The number of aromatic amines is 1. The number of H-pyrrole nitrogens is 1. The molecular formula is C19H27N3O. The van der Waals surface area contributed by atoms with E-state index >= 15 is 0 Å². The van der Waals surface area contributed by atoms with Gasteiger partial charge in [0.2, 0.25) is 0 Å². The van der Waals surface area contributed by atoms with Gasteiger partial charge >= 0.3 is 0 Å². The summed E-state index contributed by atoms with van der Waals surface area (Å²) in [6.07, 6.45) is 4.19. The fourth-order valence-corrected chi connectivity index (χ4v) is 3.48. The molecule has 3 rings (SSSR count). The number of aliphatic hydroxyl groups excluding tert-OH is 1. The number of nitrogens with one attached hydrogen (secondary N) is 1. The summed E-state index contributed by atoms with van der Waals surface area (Å²) in [5.74, 6) is 0.312. The second-order valence-electron chi connectivity index (χ2n) is 6.78. The SMILES string of the molecule is Cc1cc(C[C@@H]2CN(CCCCc3ccccc3)C[C@@H]2O)n[nH]1. The molecule has 1 aliphatic heterocycles. The Kier molecular flexibility index (Phi) is 5.47. The van der Waals surface area contributed by atoms with Crippen LogP contribution >= 0.6 is 0 Å². The minimum absolute atomic E-state index is 0.221. The van der Waals surface area contributed by atoms with Crippen molar-refractivity contribution in [3.8, 4) is 0 Å². The van der Waals surface area contributed by atoms with Crippen molar-refractivity contribution in [3.63, 3.8) is 0 Å². The molecule has 23 heavy (non-hydrogen) atoms. The number of aryl methyl sites for hydroxylation is 2. The van der Waals surface area contributed by atoms with Gasteiger partial charge in [0.15, 0.2) is 0 Å². The largest absolute Gasteiger partial charge is 0.391 e. The molecule has 0 spiro atoms. The Morgan fingerprint density at radius 1 is 1.22 bits per heavy atom. The van der Waals surface area contributed by atoms with Crippen molar-refractivity contribution < 1.29 is 5.11 Å². The molecule has 1 saturated heterocycles. The Bertz CT molecular complexity index is 596. The number of β-amino-alcohol motifs (C(OH)–C–C–N with tert-alkyl or cyclic N) is 1. The highest BCUT2D eigenvalue weighted by molar-refractivity contribution is 5.14. The number of nitrogens with zero attached hydrogens (tertiary/aromatic N) is 2. The van der Waals surface area contributed by atoms with Gasteiger partial charge in [-0.2, -0.15) is 5.10 Å². The Morgan fingerprint density at radius 3 is 2.78 bits per heavy atom. The first-order valence-corrected chi connectivity index (χ1v) is 8.66. The van der Waals surface area contributed by atoms with Crippen LogP contribution in [0.1, 0.15) is 29.8 Å². The smallest absolute Gasteiger partial charge is 0.0711 e. The summed E-state index contributed by atoms with van der Waals surface area (Å²) in [5.41, 5.74) is 3.57. The molecule has 0 bridgehead atoms. The molecule has 0 unspecified atom stereocenters. The van der Waals surface area contributed by atoms with Crippen LogP contribution in [0.15, 0.2) is 36.4 Å². The molecule has 2 aromatic rings. The molecule has 2 atom stereocenters. The zero-order valence-electron chi connectivity index (χ0n) is 13.9. The van der Waals surface area contributed by atoms with Crippen molar-refractivity contribution in [3.05, 3.63) is 53.3 Å². The molecule has 0 radical (unpaired) electrons. The maximum Gasteiger partial charge on any atom is 0.0711 e. The van der Waals surface area contributed by atoms with E-state index in [-0.39, 0.29) is 6.10 Å². The third-order valence-corrected chi connectivity index (χ3v) is 4.75. The topological polar surface area (TPSA) is 52.1 Å². The van der Waals surface area contributed by atoms with Crippen LogP contribution < -0.4 is 0 Å². The van der Waals surface area contributed by atoms with Crippen LogP contribution in [0.3, 0.4) is 0 Å². The van der Waals surface area contributed by atoms with Gasteiger partial charge in [-0.05, 0) is 50.8 Å². The van der Waals surface area contributed by atoms with Crippen molar-refractivity contribution >= 4 is 0 Å². The summed E-state index contributed by atoms with van der Waals surface area (Å²) >= 11 is 0. The molecule has 124 valence electrons. The molecule has 1 aromatic heterocycles. The minimum Gasteiger partial charge on any atom is -0.391 e. The standard InChI is InChI=1S/C19H27N3O/c1-15-11-18(21-20-15)12-17-13-22(14-19(17)23)10-6-5-9-16-7-3-2-4-8-16/h2-4,7-8,11,17,19,23H,5-6,9-10,12-14H2,1H3,(H,20,21)/t17-,19+/m1/s1. The van der Waals surface area contributed by atoms with E-state index in [0.717, 1.165) is 43.9 Å². The van der Waals surface area contributed by atoms with E-state index in [4.69, 9.17) is 0 Å². The van der Waals surface area contributed by atoms with Crippen LogP contribution in [-0.2, 0) is 12.8 Å². The second kappa shape index (κ2) is 7.75. The van der Waals surface area contributed by atoms with E-state index in [9.17, 15) is 5.11 Å². The summed E-state index contributed by atoms with van der Waals surface area (Å²) < 4.78 is 0.